The van der Waals surface area contributed by atoms with Crippen molar-refractivity contribution in [2.75, 3.05) is 5.32 Å². The van der Waals surface area contributed by atoms with Crippen molar-refractivity contribution in [1.82, 2.24) is 19.6 Å². The number of pyridine rings is 1. The maximum Gasteiger partial charge on any atom is 0.275 e. The SMILES string of the molecule is CCCc1cc(=O)n2nc(NCc3ccc(-c4cccnc4)cc3)sc2n1. The molecule has 1 N–H and O–H groups in total. The third-order valence-electron chi connectivity index (χ3n) is 4.20. The van der Waals surface area contributed by atoms with Crippen LogP contribution in [-0.4, -0.2) is 19.6 Å². The van der Waals surface area contributed by atoms with Gasteiger partial charge in [-0.1, -0.05) is 55.0 Å². The molecular weight excluding hydrogens is 358 g/mol. The lowest BCUT2D eigenvalue weighted by atomic mass is 10.1. The fourth-order valence-electron chi connectivity index (χ4n) is 2.84. The first-order valence-corrected chi connectivity index (χ1v) is 9.67. The van der Waals surface area contributed by atoms with Crippen LogP contribution in [0.1, 0.15) is 24.6 Å². The van der Waals surface area contributed by atoms with Crippen LogP contribution in [0, 0.1) is 0 Å². The van der Waals surface area contributed by atoms with E-state index in [9.17, 15) is 4.79 Å². The summed E-state index contributed by atoms with van der Waals surface area (Å²) in [5.74, 6) is 0. The Morgan fingerprint density at radius 1 is 1.15 bits per heavy atom. The Labute approximate surface area is 160 Å². The largest absolute Gasteiger partial charge is 0.356 e. The van der Waals surface area contributed by atoms with E-state index in [0.29, 0.717) is 16.6 Å². The molecule has 0 aliphatic heterocycles. The van der Waals surface area contributed by atoms with Crippen molar-refractivity contribution in [3.63, 3.8) is 0 Å². The predicted octanol–water partition coefficient (Wildman–Crippen LogP) is 3.78. The molecule has 1 aromatic carbocycles. The highest BCUT2D eigenvalue weighted by atomic mass is 32.1. The molecule has 4 rings (SSSR count). The molecular formula is C20H19N5OS. The number of rotatable bonds is 6. The molecule has 0 aliphatic rings. The Bertz CT molecular complexity index is 1100. The molecule has 0 spiro atoms. The number of aromatic nitrogens is 4. The van der Waals surface area contributed by atoms with Crippen LogP contribution in [0.5, 0.6) is 0 Å². The van der Waals surface area contributed by atoms with Gasteiger partial charge in [-0.25, -0.2) is 4.98 Å². The number of aryl methyl sites for hydroxylation is 1. The molecule has 3 aromatic heterocycles. The van der Waals surface area contributed by atoms with Crippen molar-refractivity contribution in [2.45, 2.75) is 26.3 Å². The van der Waals surface area contributed by atoms with Gasteiger partial charge in [0.25, 0.3) is 5.56 Å². The molecule has 0 fully saturated rings. The van der Waals surface area contributed by atoms with Crippen molar-refractivity contribution in [2.24, 2.45) is 0 Å². The van der Waals surface area contributed by atoms with E-state index < -0.39 is 0 Å². The summed E-state index contributed by atoms with van der Waals surface area (Å²) >= 11 is 1.39. The number of benzene rings is 1. The molecule has 0 saturated carbocycles. The molecule has 6 nitrogen and oxygen atoms in total. The minimum atomic E-state index is -0.131. The maximum absolute atomic E-state index is 12.2. The fraction of sp³-hybridized carbons (Fsp3) is 0.200. The van der Waals surface area contributed by atoms with Crippen LogP contribution < -0.4 is 10.9 Å². The number of nitrogens with zero attached hydrogens (tertiary/aromatic N) is 4. The van der Waals surface area contributed by atoms with Gasteiger partial charge in [-0.3, -0.25) is 9.78 Å². The smallest absolute Gasteiger partial charge is 0.275 e. The van der Waals surface area contributed by atoms with Crippen LogP contribution in [0.3, 0.4) is 0 Å². The fourth-order valence-corrected chi connectivity index (χ4v) is 3.66. The molecule has 0 radical (unpaired) electrons. The molecule has 0 unspecified atom stereocenters. The Hall–Kier alpha value is -3.06. The molecule has 27 heavy (non-hydrogen) atoms. The molecule has 3 heterocycles. The van der Waals surface area contributed by atoms with Crippen molar-refractivity contribution in [3.8, 4) is 11.1 Å². The summed E-state index contributed by atoms with van der Waals surface area (Å²) < 4.78 is 1.36. The third-order valence-corrected chi connectivity index (χ3v) is 5.06. The summed E-state index contributed by atoms with van der Waals surface area (Å²) in [4.78, 5) is 21.5. The summed E-state index contributed by atoms with van der Waals surface area (Å²) in [5.41, 5.74) is 4.05. The van der Waals surface area contributed by atoms with Crippen molar-refractivity contribution < 1.29 is 0 Å². The number of hydrogen-bond donors (Lipinski definition) is 1. The first kappa shape index (κ1) is 17.4. The van der Waals surface area contributed by atoms with Crippen LogP contribution in [-0.2, 0) is 13.0 Å². The number of hydrogen-bond acceptors (Lipinski definition) is 6. The summed E-state index contributed by atoms with van der Waals surface area (Å²) in [6, 6.07) is 13.8. The summed E-state index contributed by atoms with van der Waals surface area (Å²) in [5, 5.41) is 8.30. The van der Waals surface area contributed by atoms with Gasteiger partial charge in [0.15, 0.2) is 0 Å². The van der Waals surface area contributed by atoms with Gasteiger partial charge in [-0.2, -0.15) is 4.52 Å². The van der Waals surface area contributed by atoms with E-state index >= 15 is 0 Å². The van der Waals surface area contributed by atoms with Crippen LogP contribution in [0.15, 0.2) is 59.7 Å². The number of nitrogens with one attached hydrogen (secondary N) is 1. The van der Waals surface area contributed by atoms with Gasteiger partial charge in [0, 0.05) is 30.7 Å². The topological polar surface area (TPSA) is 72.2 Å². The van der Waals surface area contributed by atoms with Crippen LogP contribution >= 0.6 is 11.3 Å². The van der Waals surface area contributed by atoms with Gasteiger partial charge in [0.2, 0.25) is 10.1 Å². The minimum absolute atomic E-state index is 0.131. The van der Waals surface area contributed by atoms with E-state index in [2.05, 4.69) is 51.6 Å². The average molecular weight is 377 g/mol. The van der Waals surface area contributed by atoms with Crippen molar-refractivity contribution >= 4 is 21.4 Å². The minimum Gasteiger partial charge on any atom is -0.356 e. The van der Waals surface area contributed by atoms with Gasteiger partial charge in [-0.15, -0.1) is 5.10 Å². The van der Waals surface area contributed by atoms with Crippen LogP contribution in [0.2, 0.25) is 0 Å². The Kier molecular flexibility index (Phi) is 4.93. The summed E-state index contributed by atoms with van der Waals surface area (Å²) in [6.07, 6.45) is 5.38. The Balaban J connectivity index is 1.48. The van der Waals surface area contributed by atoms with Crippen LogP contribution in [0.25, 0.3) is 16.1 Å². The first-order chi connectivity index (χ1) is 13.2. The van der Waals surface area contributed by atoms with Gasteiger partial charge < -0.3 is 5.32 Å². The van der Waals surface area contributed by atoms with E-state index in [1.165, 1.54) is 15.9 Å². The number of fused-ring (bicyclic) bond motifs is 1. The monoisotopic (exact) mass is 377 g/mol. The predicted molar refractivity (Wildman–Crippen MR) is 108 cm³/mol. The van der Waals surface area contributed by atoms with Crippen molar-refractivity contribution in [1.29, 1.82) is 0 Å². The van der Waals surface area contributed by atoms with Gasteiger partial charge in [0.05, 0.1) is 0 Å². The molecule has 0 aliphatic carbocycles. The van der Waals surface area contributed by atoms with Gasteiger partial charge in [0.1, 0.15) is 0 Å². The zero-order valence-electron chi connectivity index (χ0n) is 14.9. The van der Waals surface area contributed by atoms with E-state index in [1.807, 2.05) is 18.3 Å². The zero-order valence-corrected chi connectivity index (χ0v) is 15.7. The Morgan fingerprint density at radius 2 is 2.00 bits per heavy atom. The highest BCUT2D eigenvalue weighted by molar-refractivity contribution is 7.20. The second kappa shape index (κ2) is 7.67. The van der Waals surface area contributed by atoms with E-state index in [-0.39, 0.29) is 5.56 Å². The second-order valence-corrected chi connectivity index (χ2v) is 7.19. The van der Waals surface area contributed by atoms with E-state index in [1.54, 1.807) is 12.3 Å². The second-order valence-electron chi connectivity index (χ2n) is 6.23. The summed E-state index contributed by atoms with van der Waals surface area (Å²) in [7, 11) is 0. The van der Waals surface area contributed by atoms with Gasteiger partial charge in [-0.05, 0) is 29.2 Å². The van der Waals surface area contributed by atoms with E-state index in [4.69, 9.17) is 0 Å². The quantitative estimate of drug-likeness (QED) is 0.554. The first-order valence-electron chi connectivity index (χ1n) is 8.86. The zero-order chi connectivity index (χ0) is 18.6. The molecule has 4 aromatic rings. The highest BCUT2D eigenvalue weighted by Crippen LogP contribution is 2.20. The molecule has 136 valence electrons. The summed E-state index contributed by atoms with van der Waals surface area (Å²) in [6.45, 7) is 2.70. The van der Waals surface area contributed by atoms with E-state index in [0.717, 1.165) is 35.2 Å². The standard InChI is InChI=1S/C20H19N5OS/c1-2-4-17-11-18(26)25-20(23-17)27-19(24-25)22-12-14-6-8-15(9-7-14)16-5-3-10-21-13-16/h3,5-11,13H,2,4,12H2,1H3,(H,22,24). The average Bonchev–Trinajstić information content (AvgIpc) is 3.11. The van der Waals surface area contributed by atoms with Crippen molar-refractivity contribution in [3.05, 3.63) is 76.5 Å². The normalized spacial score (nSPS) is 11.0. The highest BCUT2D eigenvalue weighted by Gasteiger charge is 2.08. The molecule has 0 atom stereocenters. The lowest BCUT2D eigenvalue weighted by Gasteiger charge is -2.05. The third kappa shape index (κ3) is 3.88. The Morgan fingerprint density at radius 3 is 2.74 bits per heavy atom. The maximum atomic E-state index is 12.2. The number of anilines is 1. The van der Waals surface area contributed by atoms with Gasteiger partial charge >= 0.3 is 0 Å². The lowest BCUT2D eigenvalue weighted by Crippen LogP contribution is -2.15. The molecule has 0 bridgehead atoms. The van der Waals surface area contributed by atoms with Crippen LogP contribution in [0.4, 0.5) is 5.13 Å². The molecule has 0 saturated heterocycles. The molecule has 7 heteroatoms. The lowest BCUT2D eigenvalue weighted by molar-refractivity contribution is 0.839. The molecule has 0 amide bonds.